The Bertz CT molecular complexity index is 1070. The molecule has 0 heterocycles. The number of esters is 2. The highest BCUT2D eigenvalue weighted by Crippen LogP contribution is 2.15. The SMILES string of the molecule is CC/C=C/C/C=C/C/C=C/C/C=C/CCCCCCCCCCCCC(=O)OCC(COCCC(C(=O)[O-])[N+](C)(C)C)OC(=O)CCCCCCCCCCCC. The van der Waals surface area contributed by atoms with Gasteiger partial charge in [-0.1, -0.05) is 172 Å². The van der Waals surface area contributed by atoms with Crippen molar-refractivity contribution in [3.05, 3.63) is 48.6 Å². The quantitative estimate of drug-likeness (QED) is 0.0262. The highest BCUT2D eigenvalue weighted by Gasteiger charge is 2.25. The highest BCUT2D eigenvalue weighted by atomic mass is 16.6. The van der Waals surface area contributed by atoms with Crippen LogP contribution in [0.5, 0.6) is 0 Å². The number of hydrogen-bond donors (Lipinski definition) is 0. The molecule has 0 radical (unpaired) electrons. The molecule has 0 amide bonds. The van der Waals surface area contributed by atoms with Gasteiger partial charge in [-0.25, -0.2) is 0 Å². The number of unbranched alkanes of at least 4 members (excludes halogenated alkanes) is 19. The first kappa shape index (κ1) is 54.3. The van der Waals surface area contributed by atoms with E-state index in [0.29, 0.717) is 12.8 Å². The molecule has 0 saturated heterocycles. The molecule has 57 heavy (non-hydrogen) atoms. The summed E-state index contributed by atoms with van der Waals surface area (Å²) in [6.45, 7) is 4.54. The van der Waals surface area contributed by atoms with Crippen molar-refractivity contribution >= 4 is 17.9 Å². The maximum absolute atomic E-state index is 12.7. The van der Waals surface area contributed by atoms with Gasteiger partial charge in [0, 0.05) is 19.3 Å². The molecule has 0 fully saturated rings. The largest absolute Gasteiger partial charge is 0.544 e. The van der Waals surface area contributed by atoms with E-state index in [1.165, 1.54) is 96.3 Å². The summed E-state index contributed by atoms with van der Waals surface area (Å²) < 4.78 is 17.2. The van der Waals surface area contributed by atoms with Gasteiger partial charge in [-0.05, 0) is 51.4 Å². The van der Waals surface area contributed by atoms with Crippen LogP contribution in [0.25, 0.3) is 0 Å². The Morgan fingerprint density at radius 2 is 0.982 bits per heavy atom. The molecule has 0 aromatic rings. The van der Waals surface area contributed by atoms with Crippen molar-refractivity contribution in [2.75, 3.05) is 41.0 Å². The number of carbonyl (C=O) groups is 3. The van der Waals surface area contributed by atoms with Crippen molar-refractivity contribution in [1.29, 1.82) is 0 Å². The molecule has 0 aromatic heterocycles. The van der Waals surface area contributed by atoms with Gasteiger partial charge in [-0.15, -0.1) is 0 Å². The van der Waals surface area contributed by atoms with Gasteiger partial charge in [0.15, 0.2) is 6.10 Å². The summed E-state index contributed by atoms with van der Waals surface area (Å²) in [5.41, 5.74) is 0. The van der Waals surface area contributed by atoms with Gasteiger partial charge < -0.3 is 28.6 Å². The van der Waals surface area contributed by atoms with Gasteiger partial charge in [0.2, 0.25) is 0 Å². The molecule has 0 rings (SSSR count). The van der Waals surface area contributed by atoms with E-state index >= 15 is 0 Å². The lowest BCUT2D eigenvalue weighted by atomic mass is 10.1. The molecule has 330 valence electrons. The minimum Gasteiger partial charge on any atom is -0.544 e. The third-order valence-electron chi connectivity index (χ3n) is 10.2. The summed E-state index contributed by atoms with van der Waals surface area (Å²) in [6, 6.07) is -0.724. The fourth-order valence-electron chi connectivity index (χ4n) is 6.65. The number of carboxylic acid groups (broad SMARTS) is 1. The second-order valence-electron chi connectivity index (χ2n) is 16.6. The number of carbonyl (C=O) groups excluding carboxylic acids is 3. The van der Waals surface area contributed by atoms with E-state index in [-0.39, 0.29) is 42.7 Å². The van der Waals surface area contributed by atoms with Gasteiger partial charge in [-0.3, -0.25) is 9.59 Å². The number of quaternary nitrogens is 1. The lowest BCUT2D eigenvalue weighted by Crippen LogP contribution is -2.55. The first-order valence-corrected chi connectivity index (χ1v) is 23.2. The zero-order valence-corrected chi connectivity index (χ0v) is 37.5. The Balaban J connectivity index is 4.19. The van der Waals surface area contributed by atoms with Crippen molar-refractivity contribution in [3.8, 4) is 0 Å². The average Bonchev–Trinajstić information content (AvgIpc) is 3.17. The van der Waals surface area contributed by atoms with E-state index in [9.17, 15) is 19.5 Å². The number of aliphatic carboxylic acids is 1. The number of ether oxygens (including phenoxy) is 3. The van der Waals surface area contributed by atoms with E-state index in [4.69, 9.17) is 14.2 Å². The maximum atomic E-state index is 12.7. The Morgan fingerprint density at radius 1 is 0.544 bits per heavy atom. The molecule has 8 nitrogen and oxygen atoms in total. The first-order valence-electron chi connectivity index (χ1n) is 23.2. The molecule has 0 aliphatic rings. The van der Waals surface area contributed by atoms with E-state index in [2.05, 4.69) is 62.5 Å². The van der Waals surface area contributed by atoms with Crippen molar-refractivity contribution < 1.29 is 38.2 Å². The molecule has 2 atom stereocenters. The summed E-state index contributed by atoms with van der Waals surface area (Å²) in [7, 11) is 5.40. The summed E-state index contributed by atoms with van der Waals surface area (Å²) in [6.07, 6.45) is 47.1. The third-order valence-corrected chi connectivity index (χ3v) is 10.2. The maximum Gasteiger partial charge on any atom is 0.306 e. The van der Waals surface area contributed by atoms with Crippen LogP contribution in [0.2, 0.25) is 0 Å². The lowest BCUT2D eigenvalue weighted by Gasteiger charge is -2.34. The van der Waals surface area contributed by atoms with Crippen LogP contribution in [0.3, 0.4) is 0 Å². The summed E-state index contributed by atoms with van der Waals surface area (Å²) in [4.78, 5) is 36.8. The number of rotatable bonds is 41. The fraction of sp³-hybridized carbons (Fsp3) is 0.776. The van der Waals surface area contributed by atoms with E-state index in [0.717, 1.165) is 64.2 Å². The van der Waals surface area contributed by atoms with E-state index in [1.54, 1.807) is 21.1 Å². The van der Waals surface area contributed by atoms with Crippen LogP contribution in [-0.4, -0.2) is 75.5 Å². The third kappa shape index (κ3) is 38.6. The fourth-order valence-corrected chi connectivity index (χ4v) is 6.65. The van der Waals surface area contributed by atoms with Crippen LogP contribution in [-0.2, 0) is 28.6 Å². The number of carboxylic acids is 1. The molecular formula is C49H87NO7. The van der Waals surface area contributed by atoms with Gasteiger partial charge in [0.1, 0.15) is 12.6 Å². The van der Waals surface area contributed by atoms with Crippen molar-refractivity contribution in [2.24, 2.45) is 0 Å². The smallest absolute Gasteiger partial charge is 0.306 e. The second-order valence-corrected chi connectivity index (χ2v) is 16.6. The lowest BCUT2D eigenvalue weighted by molar-refractivity contribution is -0.889. The summed E-state index contributed by atoms with van der Waals surface area (Å²) in [5, 5.41) is 11.6. The second kappa shape index (κ2) is 40.1. The Morgan fingerprint density at radius 3 is 1.46 bits per heavy atom. The van der Waals surface area contributed by atoms with Crippen LogP contribution in [0.1, 0.15) is 194 Å². The Kier molecular flexibility index (Phi) is 38.2. The summed E-state index contributed by atoms with van der Waals surface area (Å²) in [5.74, 6) is -1.74. The monoisotopic (exact) mass is 802 g/mol. The van der Waals surface area contributed by atoms with Gasteiger partial charge in [-0.2, -0.15) is 0 Å². The van der Waals surface area contributed by atoms with Crippen molar-refractivity contribution in [1.82, 2.24) is 0 Å². The summed E-state index contributed by atoms with van der Waals surface area (Å²) >= 11 is 0. The molecule has 0 aliphatic carbocycles. The minimum atomic E-state index is -1.13. The van der Waals surface area contributed by atoms with E-state index in [1.807, 2.05) is 0 Å². The molecular weight excluding hydrogens is 715 g/mol. The highest BCUT2D eigenvalue weighted by molar-refractivity contribution is 5.70. The molecule has 0 spiro atoms. The molecule has 0 N–H and O–H groups in total. The van der Waals surface area contributed by atoms with Crippen LogP contribution < -0.4 is 5.11 Å². The van der Waals surface area contributed by atoms with Gasteiger partial charge >= 0.3 is 11.9 Å². The van der Waals surface area contributed by atoms with E-state index < -0.39 is 18.1 Å². The Hall–Kier alpha value is -2.71. The molecule has 0 bridgehead atoms. The topological polar surface area (TPSA) is 102 Å². The normalized spacial score (nSPS) is 13.4. The van der Waals surface area contributed by atoms with Crippen molar-refractivity contribution in [2.45, 2.75) is 206 Å². The van der Waals surface area contributed by atoms with Crippen LogP contribution in [0, 0.1) is 0 Å². The molecule has 8 heteroatoms. The standard InChI is InChI=1S/C49H87NO7/c1-6-8-10-12-14-16-18-19-20-21-22-23-24-25-26-27-28-29-30-32-33-35-37-39-47(51)56-44-45(43-55-42-41-46(49(53)54)50(3,4)5)57-48(52)40-38-36-34-31-17-15-13-11-9-7-2/h8,10,14,16,19-20,22-23,45-46H,6-7,9,11-13,15,17-18,21,24-44H2,1-5H3/b10-8+,16-14+,20-19+,23-22+. The van der Waals surface area contributed by atoms with Gasteiger partial charge in [0.05, 0.1) is 40.3 Å². The van der Waals surface area contributed by atoms with Gasteiger partial charge in [0.25, 0.3) is 0 Å². The predicted molar refractivity (Wildman–Crippen MR) is 236 cm³/mol. The zero-order chi connectivity index (χ0) is 42.1. The molecule has 0 aliphatic heterocycles. The molecule has 0 aromatic carbocycles. The predicted octanol–water partition coefficient (Wildman–Crippen LogP) is 11.5. The number of hydrogen-bond acceptors (Lipinski definition) is 7. The van der Waals surface area contributed by atoms with Crippen LogP contribution in [0.15, 0.2) is 48.6 Å². The number of nitrogens with zero attached hydrogens (tertiary/aromatic N) is 1. The average molecular weight is 802 g/mol. The van der Waals surface area contributed by atoms with Crippen LogP contribution in [0.4, 0.5) is 0 Å². The molecule has 0 saturated carbocycles. The van der Waals surface area contributed by atoms with Crippen LogP contribution >= 0.6 is 0 Å². The Labute approximate surface area is 350 Å². The van der Waals surface area contributed by atoms with Crippen molar-refractivity contribution in [3.63, 3.8) is 0 Å². The number of likely N-dealkylation sites (N-methyl/N-ethyl adjacent to an activating group) is 1. The zero-order valence-electron chi connectivity index (χ0n) is 37.5. The molecule has 2 unspecified atom stereocenters. The number of allylic oxidation sites excluding steroid dienone is 8. The minimum absolute atomic E-state index is 0.0409. The first-order chi connectivity index (χ1) is 27.6.